The van der Waals surface area contributed by atoms with Gasteiger partial charge in [0.25, 0.3) is 5.91 Å². The molecular formula is C25H25N5O3. The Bertz CT molecular complexity index is 1260. The standard InChI is InChI=1S/C25H25N5O3/c1-17(33-20-9-6-10-26-15-20)14-27-25(32)21-12-19(28-16-31)13-22-24(21)30(2)23(29-22)11-18-7-4-3-5-8-18/h3-10,12-13,15-17H,11,14H2,1-2H3,(H,27,32)(H,28,31). The van der Waals surface area contributed by atoms with Gasteiger partial charge in [-0.05, 0) is 36.8 Å². The Morgan fingerprint density at radius 2 is 2.00 bits per heavy atom. The Kier molecular flexibility index (Phi) is 6.64. The van der Waals surface area contributed by atoms with Gasteiger partial charge in [0.05, 0.1) is 29.3 Å². The first-order valence-corrected chi connectivity index (χ1v) is 10.6. The number of anilines is 1. The molecule has 0 aliphatic carbocycles. The van der Waals surface area contributed by atoms with E-state index in [0.717, 1.165) is 11.4 Å². The summed E-state index contributed by atoms with van der Waals surface area (Å²) < 4.78 is 7.72. The zero-order valence-electron chi connectivity index (χ0n) is 18.5. The van der Waals surface area contributed by atoms with Gasteiger partial charge in [-0.25, -0.2) is 4.98 Å². The van der Waals surface area contributed by atoms with Gasteiger partial charge in [0, 0.05) is 25.4 Å². The third-order valence-corrected chi connectivity index (χ3v) is 5.26. The van der Waals surface area contributed by atoms with E-state index >= 15 is 0 Å². The second-order valence-corrected chi connectivity index (χ2v) is 7.73. The maximum absolute atomic E-state index is 13.2. The van der Waals surface area contributed by atoms with Crippen molar-refractivity contribution in [1.82, 2.24) is 19.9 Å². The smallest absolute Gasteiger partial charge is 0.253 e. The second kappa shape index (κ2) is 9.95. The molecule has 168 valence electrons. The van der Waals surface area contributed by atoms with Crippen molar-refractivity contribution in [2.24, 2.45) is 7.05 Å². The molecule has 0 fully saturated rings. The zero-order chi connectivity index (χ0) is 23.2. The van der Waals surface area contributed by atoms with E-state index in [4.69, 9.17) is 9.72 Å². The number of pyridine rings is 1. The lowest BCUT2D eigenvalue weighted by Gasteiger charge is -2.16. The van der Waals surface area contributed by atoms with Gasteiger partial charge in [-0.15, -0.1) is 0 Å². The third kappa shape index (κ3) is 5.17. The van der Waals surface area contributed by atoms with Crippen LogP contribution in [-0.2, 0) is 18.3 Å². The van der Waals surface area contributed by atoms with Crippen LogP contribution >= 0.6 is 0 Å². The second-order valence-electron chi connectivity index (χ2n) is 7.73. The Balaban J connectivity index is 1.59. The number of ether oxygens (including phenoxy) is 1. The molecule has 1 unspecified atom stereocenters. The summed E-state index contributed by atoms with van der Waals surface area (Å²) in [5.41, 5.74) is 3.40. The lowest BCUT2D eigenvalue weighted by Crippen LogP contribution is -2.33. The largest absolute Gasteiger partial charge is 0.487 e. The van der Waals surface area contributed by atoms with E-state index < -0.39 is 0 Å². The lowest BCUT2D eigenvalue weighted by molar-refractivity contribution is -0.105. The molecule has 4 rings (SSSR count). The van der Waals surface area contributed by atoms with Crippen molar-refractivity contribution >= 4 is 29.0 Å². The van der Waals surface area contributed by atoms with Gasteiger partial charge in [0.1, 0.15) is 17.7 Å². The van der Waals surface area contributed by atoms with Gasteiger partial charge < -0.3 is 19.9 Å². The van der Waals surface area contributed by atoms with Crippen LogP contribution in [0.15, 0.2) is 67.0 Å². The number of rotatable bonds is 9. The molecule has 0 spiro atoms. The van der Waals surface area contributed by atoms with Crippen LogP contribution < -0.4 is 15.4 Å². The van der Waals surface area contributed by atoms with Crippen LogP contribution in [0.1, 0.15) is 28.7 Å². The highest BCUT2D eigenvalue weighted by atomic mass is 16.5. The van der Waals surface area contributed by atoms with Crippen molar-refractivity contribution in [3.8, 4) is 5.75 Å². The Morgan fingerprint density at radius 3 is 2.73 bits per heavy atom. The maximum atomic E-state index is 13.2. The number of hydrogen-bond acceptors (Lipinski definition) is 5. The van der Waals surface area contributed by atoms with E-state index in [9.17, 15) is 9.59 Å². The van der Waals surface area contributed by atoms with Crippen LogP contribution in [0.2, 0.25) is 0 Å². The third-order valence-electron chi connectivity index (χ3n) is 5.26. The number of carbonyl (C=O) groups excluding carboxylic acids is 2. The molecule has 2 aromatic carbocycles. The van der Waals surface area contributed by atoms with Crippen LogP contribution in [-0.4, -0.2) is 39.5 Å². The molecule has 4 aromatic rings. The van der Waals surface area contributed by atoms with Crippen LogP contribution in [0.3, 0.4) is 0 Å². The Labute approximate surface area is 191 Å². The number of carbonyl (C=O) groups is 2. The molecule has 33 heavy (non-hydrogen) atoms. The monoisotopic (exact) mass is 443 g/mol. The van der Waals surface area contributed by atoms with E-state index in [1.165, 1.54) is 0 Å². The van der Waals surface area contributed by atoms with E-state index in [1.807, 2.05) is 54.9 Å². The quantitative estimate of drug-likeness (QED) is 0.387. The predicted octanol–water partition coefficient (Wildman–Crippen LogP) is 3.32. The summed E-state index contributed by atoms with van der Waals surface area (Å²) in [6.07, 6.45) is 4.25. The molecule has 2 aromatic heterocycles. The van der Waals surface area contributed by atoms with Gasteiger partial charge in [-0.1, -0.05) is 30.3 Å². The summed E-state index contributed by atoms with van der Waals surface area (Å²) in [5.74, 6) is 1.18. The fourth-order valence-electron chi connectivity index (χ4n) is 3.68. The first-order valence-electron chi connectivity index (χ1n) is 10.6. The van der Waals surface area contributed by atoms with Crippen molar-refractivity contribution in [2.75, 3.05) is 11.9 Å². The zero-order valence-corrected chi connectivity index (χ0v) is 18.5. The van der Waals surface area contributed by atoms with Gasteiger partial charge in [-0.3, -0.25) is 14.6 Å². The van der Waals surface area contributed by atoms with Crippen molar-refractivity contribution in [1.29, 1.82) is 0 Å². The van der Waals surface area contributed by atoms with Crippen molar-refractivity contribution in [3.05, 3.63) is 83.9 Å². The number of benzene rings is 2. The molecule has 1 atom stereocenters. The lowest BCUT2D eigenvalue weighted by atomic mass is 10.1. The molecule has 0 bridgehead atoms. The van der Waals surface area contributed by atoms with E-state index in [-0.39, 0.29) is 12.0 Å². The number of fused-ring (bicyclic) bond motifs is 1. The topological polar surface area (TPSA) is 98.1 Å². The number of imidazole rings is 1. The average molecular weight is 444 g/mol. The predicted molar refractivity (Wildman–Crippen MR) is 126 cm³/mol. The fourth-order valence-corrected chi connectivity index (χ4v) is 3.68. The van der Waals surface area contributed by atoms with Gasteiger partial charge in [0.2, 0.25) is 6.41 Å². The number of aromatic nitrogens is 3. The highest BCUT2D eigenvalue weighted by molar-refractivity contribution is 6.07. The fraction of sp³-hybridized carbons (Fsp3) is 0.200. The molecule has 0 radical (unpaired) electrons. The minimum Gasteiger partial charge on any atom is -0.487 e. The molecular weight excluding hydrogens is 418 g/mol. The molecule has 2 amide bonds. The molecule has 0 saturated carbocycles. The summed E-state index contributed by atoms with van der Waals surface area (Å²) >= 11 is 0. The Morgan fingerprint density at radius 1 is 1.18 bits per heavy atom. The number of aryl methyl sites for hydroxylation is 1. The van der Waals surface area contributed by atoms with E-state index in [1.54, 1.807) is 30.6 Å². The summed E-state index contributed by atoms with van der Waals surface area (Å²) in [4.78, 5) is 33.0. The first-order chi connectivity index (χ1) is 16.0. The highest BCUT2D eigenvalue weighted by Gasteiger charge is 2.19. The van der Waals surface area contributed by atoms with Gasteiger partial charge in [0.15, 0.2) is 0 Å². The molecule has 0 aliphatic rings. The van der Waals surface area contributed by atoms with Gasteiger partial charge >= 0.3 is 0 Å². The molecule has 8 nitrogen and oxygen atoms in total. The molecule has 0 aliphatic heterocycles. The van der Waals surface area contributed by atoms with Crippen LogP contribution in [0, 0.1) is 0 Å². The number of nitrogens with zero attached hydrogens (tertiary/aromatic N) is 3. The normalized spacial score (nSPS) is 11.7. The number of amides is 2. The van der Waals surface area contributed by atoms with E-state index in [0.29, 0.717) is 47.4 Å². The summed E-state index contributed by atoms with van der Waals surface area (Å²) in [7, 11) is 1.89. The summed E-state index contributed by atoms with van der Waals surface area (Å²) in [5, 5.41) is 5.55. The minimum absolute atomic E-state index is 0.259. The number of nitrogens with one attached hydrogen (secondary N) is 2. The minimum atomic E-state index is -0.273. The van der Waals surface area contributed by atoms with Crippen molar-refractivity contribution < 1.29 is 14.3 Å². The highest BCUT2D eigenvalue weighted by Crippen LogP contribution is 2.25. The van der Waals surface area contributed by atoms with Crippen LogP contribution in [0.25, 0.3) is 11.0 Å². The number of hydrogen-bond donors (Lipinski definition) is 2. The van der Waals surface area contributed by atoms with E-state index in [2.05, 4.69) is 15.6 Å². The van der Waals surface area contributed by atoms with Crippen molar-refractivity contribution in [3.63, 3.8) is 0 Å². The first kappa shape index (κ1) is 22.0. The van der Waals surface area contributed by atoms with Gasteiger partial charge in [-0.2, -0.15) is 0 Å². The summed E-state index contributed by atoms with van der Waals surface area (Å²) in [6, 6.07) is 17.0. The summed E-state index contributed by atoms with van der Waals surface area (Å²) in [6.45, 7) is 2.17. The molecule has 2 heterocycles. The Hall–Kier alpha value is -4.20. The molecule has 2 N–H and O–H groups in total. The molecule has 8 heteroatoms. The SMILES string of the molecule is CC(CNC(=O)c1cc(NC=O)cc2nc(Cc3ccccc3)n(C)c12)Oc1cccnc1. The van der Waals surface area contributed by atoms with Crippen LogP contribution in [0.5, 0.6) is 5.75 Å². The van der Waals surface area contributed by atoms with Crippen LogP contribution in [0.4, 0.5) is 5.69 Å². The van der Waals surface area contributed by atoms with Crippen molar-refractivity contribution in [2.45, 2.75) is 19.4 Å². The maximum Gasteiger partial charge on any atom is 0.253 e. The average Bonchev–Trinajstić information content (AvgIpc) is 3.13. The molecule has 0 saturated heterocycles.